The zero-order chi connectivity index (χ0) is 90.9. The second kappa shape index (κ2) is 48.8. The Morgan fingerprint density at radius 2 is 1.05 bits per heavy atom. The maximum absolute atomic E-state index is 15.2. The quantitative estimate of drug-likeness (QED) is 0.0213. The van der Waals surface area contributed by atoms with E-state index in [-0.39, 0.29) is 94.4 Å². The largest absolute Gasteiger partial charge is 0.508 e. The van der Waals surface area contributed by atoms with E-state index in [1.807, 2.05) is 0 Å². The predicted octanol–water partition coefficient (Wildman–Crippen LogP) is -9.41. The fourth-order valence-electron chi connectivity index (χ4n) is 13.6. The number of benzene rings is 1. The van der Waals surface area contributed by atoms with Crippen LogP contribution in [0.1, 0.15) is 128 Å². The number of phenols is 1. The number of guanidine groups is 1. The number of aromatic hydroxyl groups is 1. The lowest BCUT2D eigenvalue weighted by Gasteiger charge is -2.31. The fraction of sp³-hybridized carbons (Fsp3) is 0.589. The molecule has 123 heavy (non-hydrogen) atoms. The number of carbonyl (C=O) groups is 20. The highest BCUT2D eigenvalue weighted by Gasteiger charge is 2.45. The van der Waals surface area contributed by atoms with Gasteiger partial charge in [-0.2, -0.15) is 0 Å². The van der Waals surface area contributed by atoms with Crippen LogP contribution in [0, 0.1) is 11.3 Å². The Balaban J connectivity index is 1.54. The van der Waals surface area contributed by atoms with E-state index in [2.05, 4.69) is 84.4 Å². The molecule has 4 aliphatic heterocycles. The highest BCUT2D eigenvalue weighted by molar-refractivity contribution is 8.76. The van der Waals surface area contributed by atoms with Crippen LogP contribution in [0.4, 0.5) is 0 Å². The number of phenolic OH excluding ortho intramolecular Hbond substituents is 1. The van der Waals surface area contributed by atoms with E-state index in [1.54, 1.807) is 6.92 Å². The summed E-state index contributed by atoms with van der Waals surface area (Å²) in [6.07, 6.45) is -5.35. The molecule has 5 heterocycles. The van der Waals surface area contributed by atoms with Gasteiger partial charge in [-0.3, -0.25) is 101 Å². The summed E-state index contributed by atoms with van der Waals surface area (Å²) in [6, 6.07) is -22.4. The molecule has 0 aliphatic carbocycles. The smallest absolute Gasteiger partial charge is 0.305 e. The van der Waals surface area contributed by atoms with Crippen LogP contribution in [0.3, 0.4) is 0 Å². The van der Waals surface area contributed by atoms with Gasteiger partial charge in [0, 0.05) is 62.3 Å². The van der Waals surface area contributed by atoms with Gasteiger partial charge in [-0.15, -0.1) is 0 Å². The first-order valence-electron chi connectivity index (χ1n) is 39.5. The number of H-pyrrole nitrogens is 1. The molecule has 2 bridgehead atoms. The van der Waals surface area contributed by atoms with Crippen molar-refractivity contribution in [1.29, 1.82) is 5.41 Å². The van der Waals surface area contributed by atoms with Gasteiger partial charge < -0.3 is 138 Å². The molecule has 2 aromatic rings. The molecule has 6 rings (SSSR count). The van der Waals surface area contributed by atoms with E-state index in [9.17, 15) is 112 Å². The van der Waals surface area contributed by atoms with Gasteiger partial charge in [0.2, 0.25) is 100 Å². The van der Waals surface area contributed by atoms with Crippen LogP contribution in [-0.2, 0) is 109 Å². The number of aliphatic hydroxyl groups excluding tert-OH is 1. The lowest BCUT2D eigenvalue weighted by Crippen LogP contribution is -2.61. The number of nitrogens with zero attached hydrogens (tertiary/aromatic N) is 3. The summed E-state index contributed by atoms with van der Waals surface area (Å²) in [5.74, 6) is -27.8. The van der Waals surface area contributed by atoms with Gasteiger partial charge >= 0.3 is 17.9 Å². The molecule has 0 unspecified atom stereocenters. The zero-order valence-corrected chi connectivity index (χ0v) is 68.9. The zero-order valence-electron chi connectivity index (χ0n) is 67.2. The molecule has 48 nitrogen and oxygen atoms in total. The predicted molar refractivity (Wildman–Crippen MR) is 431 cm³/mol. The number of aromatic amines is 1. The first-order valence-corrected chi connectivity index (χ1v) is 42.0. The molecular weight excluding hydrogens is 1660 g/mol. The summed E-state index contributed by atoms with van der Waals surface area (Å²) >= 11 is 0. The molecule has 17 amide bonds. The van der Waals surface area contributed by atoms with Crippen LogP contribution in [0.15, 0.2) is 36.8 Å². The monoisotopic (exact) mass is 1770 g/mol. The number of aromatic nitrogens is 2. The number of aliphatic carboxylic acids is 3. The van der Waals surface area contributed by atoms with E-state index < -0.39 is 303 Å². The number of hydrogen-bond donors (Lipinski definition) is 25. The molecule has 1 aromatic carbocycles. The Hall–Kier alpha value is -12.5. The number of carboxylic acids is 3. The number of carboxylic acid groups (broad SMARTS) is 3. The Morgan fingerprint density at radius 1 is 0.545 bits per heavy atom. The average molecular weight is 1770 g/mol. The van der Waals surface area contributed by atoms with Crippen LogP contribution < -0.4 is 97.4 Å². The summed E-state index contributed by atoms with van der Waals surface area (Å²) in [6.45, 7) is 0.537. The van der Waals surface area contributed by atoms with Gasteiger partial charge in [-0.25, -0.2) is 4.98 Å². The molecular formula is C73H107N23O25S2. The van der Waals surface area contributed by atoms with Crippen molar-refractivity contribution in [1.82, 2.24) is 94.2 Å². The number of carbonyl (C=O) groups excluding carboxylic acids is 17. The normalized spacial score (nSPS) is 26.5. The maximum atomic E-state index is 15.2. The van der Waals surface area contributed by atoms with Crippen LogP contribution >= 0.6 is 21.6 Å². The summed E-state index contributed by atoms with van der Waals surface area (Å²) in [5.41, 5.74) is 23.1. The number of fused-ring (bicyclic) bond motifs is 10. The molecule has 4 fully saturated rings. The summed E-state index contributed by atoms with van der Waals surface area (Å²) in [7, 11) is 1.46. The van der Waals surface area contributed by atoms with Crippen molar-refractivity contribution in [2.75, 3.05) is 44.3 Å². The third kappa shape index (κ3) is 31.5. The van der Waals surface area contributed by atoms with E-state index >= 15 is 9.59 Å². The van der Waals surface area contributed by atoms with Crippen molar-refractivity contribution in [3.05, 3.63) is 48.0 Å². The van der Waals surface area contributed by atoms with Gasteiger partial charge in [0.05, 0.1) is 38.7 Å². The highest BCUT2D eigenvalue weighted by Crippen LogP contribution is 2.26. The van der Waals surface area contributed by atoms with E-state index in [0.29, 0.717) is 10.8 Å². The standard InChI is InChI=1S/C73H107N23O25S2/c1-3-34(2)57-70(119)92-48(58(76)107)31-122-123-32-49-67(116)91-47(30-97)66(115)90-46(27-56(105)106)72(121)96-22-8-12-50(96)68(117)84-40(11-6-20-80-73(77)78)60(109)83-39(10-5-4-9-38(59(108)93-49)82-53(100)28-74)61(110)87-43(25-52(75)99)64(113)86-42(23-35-14-16-37(98)17-15-35)63(112)88-44(26-55(103)104)65(114)89-45(24-36-29-79-33-81-36)71(120)95-21-7-13-51(95)69(118)85-41(62(111)94-57)18-19-54(101)102/h14-17,29,33-34,38-51,57,97-98H,3-13,18-28,30-32,74H2,1-2H3,(H2,75,99)(H2,76,107)(H,79,81)(H,82,100)(H,83,109)(H,84,117)(H,85,118)(H,86,113)(H,87,110)(H,88,112)(H,89,114)(H,90,115)(H,91,116)(H,92,119)(H,93,108)(H,94,111)(H,101,102)(H,103,104)(H,105,106)(H4,77,78,80)/t34-,38+,39-,40-,41-,42-,43-,44-,45-,46-,47-,48-,49+,50-,51-,57-/m0/s1. The number of rotatable bonds is 23. The minimum atomic E-state index is -2.17. The SMILES string of the molecule is CC[C@H](C)[C@@H]1NC(=O)[C@H](CCC(=O)O)NC(=O)[C@@H]2CCCN2C(=O)[C@H](Cc2cnc[nH]2)NC(=O)[C@H](CC(=O)O)NC(=O)[C@H](Cc2ccc(O)cc2)NC(=O)[C@H](CC(N)=O)NC(=O)[C@@H]2CCCC[C@@H](NC(=O)CN)C(=O)N[C@H](CSSC[C@@H](C(N)=O)NC1=O)C(=O)N[C@@H](CO)C(=O)N[C@@H](CC(=O)O)C(=O)N1CCC[C@H]1C(=O)N[C@@H](CCCNC(=N)N)C(=O)N2. The minimum Gasteiger partial charge on any atom is -0.508 e. The van der Waals surface area contributed by atoms with Gasteiger partial charge in [-0.05, 0) is 81.4 Å². The van der Waals surface area contributed by atoms with E-state index in [1.165, 1.54) is 43.7 Å². The Morgan fingerprint density at radius 3 is 1.62 bits per heavy atom. The number of amides is 17. The number of primary amides is 2. The van der Waals surface area contributed by atoms with Crippen LogP contribution in [0.2, 0.25) is 0 Å². The molecule has 4 saturated heterocycles. The molecule has 16 atom stereocenters. The fourth-order valence-corrected chi connectivity index (χ4v) is 16.0. The molecule has 0 spiro atoms. The van der Waals surface area contributed by atoms with Crippen molar-refractivity contribution < 1.29 is 121 Å². The Labute approximate surface area is 710 Å². The molecule has 29 N–H and O–H groups in total. The van der Waals surface area contributed by atoms with E-state index in [0.717, 1.165) is 20.6 Å². The topological polar surface area (TPSA) is 774 Å². The van der Waals surface area contributed by atoms with Crippen molar-refractivity contribution in [3.63, 3.8) is 0 Å². The molecule has 1 aromatic heterocycles. The second-order valence-electron chi connectivity index (χ2n) is 29.6. The summed E-state index contributed by atoms with van der Waals surface area (Å²) < 4.78 is 0. The average Bonchev–Trinajstić information content (AvgIpc) is 1.69. The maximum Gasteiger partial charge on any atom is 0.305 e. The Bertz CT molecular complexity index is 4190. The van der Waals surface area contributed by atoms with Gasteiger partial charge in [0.15, 0.2) is 5.96 Å². The summed E-state index contributed by atoms with van der Waals surface area (Å²) in [4.78, 5) is 292. The molecule has 676 valence electrons. The first kappa shape index (κ1) is 99.3. The molecule has 50 heteroatoms. The Kier molecular flexibility index (Phi) is 39.4. The van der Waals surface area contributed by atoms with Gasteiger partial charge in [0.1, 0.15) is 96.4 Å². The number of imidazole rings is 1. The third-order valence-electron chi connectivity index (χ3n) is 20.4. The third-order valence-corrected chi connectivity index (χ3v) is 22.8. The van der Waals surface area contributed by atoms with Gasteiger partial charge in [-0.1, -0.05) is 66.8 Å². The number of hydrogen-bond acceptors (Lipinski definition) is 27. The van der Waals surface area contributed by atoms with Crippen LogP contribution in [0.5, 0.6) is 5.75 Å². The van der Waals surface area contributed by atoms with E-state index in [4.69, 9.17) is 28.3 Å². The van der Waals surface area contributed by atoms with Crippen LogP contribution in [-0.4, -0.2) is 305 Å². The van der Waals surface area contributed by atoms with Crippen LogP contribution in [0.25, 0.3) is 0 Å². The second-order valence-corrected chi connectivity index (χ2v) is 32.2. The lowest BCUT2D eigenvalue weighted by atomic mass is 9.97. The minimum absolute atomic E-state index is 0.0638. The highest BCUT2D eigenvalue weighted by atomic mass is 33.1. The van der Waals surface area contributed by atoms with Crippen molar-refractivity contribution in [3.8, 4) is 5.75 Å². The number of aliphatic hydroxyl groups is 1. The van der Waals surface area contributed by atoms with Gasteiger partial charge in [0.25, 0.3) is 0 Å². The van der Waals surface area contributed by atoms with Crippen molar-refractivity contribution in [2.45, 2.75) is 220 Å². The summed E-state index contributed by atoms with van der Waals surface area (Å²) in [5, 5.41) is 92.7. The number of nitrogens with one attached hydrogen (secondary N) is 16. The first-order chi connectivity index (χ1) is 58.3. The number of nitrogens with two attached hydrogens (primary N) is 4. The lowest BCUT2D eigenvalue weighted by molar-refractivity contribution is -0.146. The molecule has 4 aliphatic rings. The molecule has 0 saturated carbocycles. The molecule has 0 radical (unpaired) electrons. The van der Waals surface area contributed by atoms with Crippen molar-refractivity contribution >= 4 is 146 Å². The van der Waals surface area contributed by atoms with Crippen molar-refractivity contribution in [2.24, 2.45) is 28.9 Å².